The first kappa shape index (κ1) is 30.9. The highest BCUT2D eigenvalue weighted by Gasteiger charge is 2.28. The van der Waals surface area contributed by atoms with E-state index in [0.717, 1.165) is 29.0 Å². The van der Waals surface area contributed by atoms with Crippen molar-refractivity contribution in [3.8, 4) is 0 Å². The second-order valence-electron chi connectivity index (χ2n) is 8.93. The van der Waals surface area contributed by atoms with E-state index in [-0.39, 0.29) is 41.9 Å². The summed E-state index contributed by atoms with van der Waals surface area (Å²) in [5, 5.41) is 3.56. The summed E-state index contributed by atoms with van der Waals surface area (Å²) in [5.41, 5.74) is 1.34. The topological polar surface area (TPSA) is 86.8 Å². The SMILES string of the molecule is CCCCNC(=O)C(CC)N(CCc1ccccc1)C(=O)CCCN(c1cc(Cl)ccc1Cl)S(C)(=O)=O. The lowest BCUT2D eigenvalue weighted by Crippen LogP contribution is -2.50. The normalized spacial score (nSPS) is 12.1. The van der Waals surface area contributed by atoms with E-state index in [1.807, 2.05) is 37.3 Å². The van der Waals surface area contributed by atoms with Crippen LogP contribution in [0.1, 0.15) is 51.5 Å². The molecule has 0 fully saturated rings. The summed E-state index contributed by atoms with van der Waals surface area (Å²) in [6.45, 7) is 4.94. The van der Waals surface area contributed by atoms with Gasteiger partial charge in [-0.2, -0.15) is 0 Å². The van der Waals surface area contributed by atoms with Crippen molar-refractivity contribution < 1.29 is 18.0 Å². The predicted octanol–water partition coefficient (Wildman–Crippen LogP) is 5.31. The van der Waals surface area contributed by atoms with Crippen molar-refractivity contribution in [2.75, 3.05) is 30.2 Å². The van der Waals surface area contributed by atoms with E-state index in [0.29, 0.717) is 31.0 Å². The molecule has 0 radical (unpaired) electrons. The summed E-state index contributed by atoms with van der Waals surface area (Å²) in [4.78, 5) is 28.0. The third kappa shape index (κ3) is 9.83. The molecule has 1 atom stereocenters. The molecule has 0 bridgehead atoms. The molecule has 0 aliphatic carbocycles. The van der Waals surface area contributed by atoms with E-state index in [4.69, 9.17) is 23.2 Å². The lowest BCUT2D eigenvalue weighted by atomic mass is 10.1. The standard InChI is InChI=1S/C27H37Cl2N3O4S/c1-4-6-17-30-27(34)24(5-2)31(19-16-21-11-8-7-9-12-21)26(33)13-10-18-32(37(3,35)36)25-20-22(28)14-15-23(25)29/h7-9,11-12,14-15,20,24H,4-6,10,13,16-19H2,1-3H3,(H,30,34). The molecule has 10 heteroatoms. The number of hydrogen-bond acceptors (Lipinski definition) is 4. The van der Waals surface area contributed by atoms with Crippen LogP contribution in [-0.2, 0) is 26.0 Å². The van der Waals surface area contributed by atoms with E-state index < -0.39 is 16.1 Å². The first-order valence-electron chi connectivity index (χ1n) is 12.6. The zero-order valence-electron chi connectivity index (χ0n) is 21.8. The fourth-order valence-electron chi connectivity index (χ4n) is 4.06. The van der Waals surface area contributed by atoms with Crippen molar-refractivity contribution in [3.63, 3.8) is 0 Å². The number of hydrogen-bond donors (Lipinski definition) is 1. The van der Waals surface area contributed by atoms with Gasteiger partial charge in [0.1, 0.15) is 6.04 Å². The number of sulfonamides is 1. The Morgan fingerprint density at radius 1 is 1.00 bits per heavy atom. The molecule has 7 nitrogen and oxygen atoms in total. The first-order chi connectivity index (χ1) is 17.6. The smallest absolute Gasteiger partial charge is 0.242 e. The highest BCUT2D eigenvalue weighted by Crippen LogP contribution is 2.31. The van der Waals surface area contributed by atoms with Crippen LogP contribution in [0.15, 0.2) is 48.5 Å². The van der Waals surface area contributed by atoms with Gasteiger partial charge in [0, 0.05) is 31.1 Å². The van der Waals surface area contributed by atoms with E-state index in [1.54, 1.807) is 11.0 Å². The molecule has 0 aliphatic heterocycles. The molecular weight excluding hydrogens is 533 g/mol. The minimum absolute atomic E-state index is 0.0522. The van der Waals surface area contributed by atoms with Crippen molar-refractivity contribution >= 4 is 50.7 Å². The Bertz CT molecular complexity index is 1130. The van der Waals surface area contributed by atoms with Crippen LogP contribution in [0.3, 0.4) is 0 Å². The lowest BCUT2D eigenvalue weighted by Gasteiger charge is -2.31. The molecule has 37 heavy (non-hydrogen) atoms. The van der Waals surface area contributed by atoms with Crippen molar-refractivity contribution in [1.29, 1.82) is 0 Å². The Morgan fingerprint density at radius 3 is 2.32 bits per heavy atom. The van der Waals surface area contributed by atoms with E-state index in [1.165, 1.54) is 12.1 Å². The van der Waals surface area contributed by atoms with Crippen molar-refractivity contribution in [1.82, 2.24) is 10.2 Å². The molecule has 0 aromatic heterocycles. The molecule has 0 saturated heterocycles. The predicted molar refractivity (Wildman–Crippen MR) is 152 cm³/mol. The molecule has 2 aromatic carbocycles. The summed E-state index contributed by atoms with van der Waals surface area (Å²) in [6, 6.07) is 13.8. The van der Waals surface area contributed by atoms with Gasteiger partial charge in [-0.15, -0.1) is 0 Å². The average molecular weight is 571 g/mol. The number of benzene rings is 2. The van der Waals surface area contributed by atoms with Crippen molar-refractivity contribution in [2.24, 2.45) is 0 Å². The summed E-state index contributed by atoms with van der Waals surface area (Å²) in [6.07, 6.45) is 4.34. The van der Waals surface area contributed by atoms with Gasteiger partial charge >= 0.3 is 0 Å². The fourth-order valence-corrected chi connectivity index (χ4v) is 5.47. The van der Waals surface area contributed by atoms with Gasteiger partial charge in [0.05, 0.1) is 17.0 Å². The quantitative estimate of drug-likeness (QED) is 0.294. The van der Waals surface area contributed by atoms with Gasteiger partial charge in [-0.1, -0.05) is 73.8 Å². The van der Waals surface area contributed by atoms with Gasteiger partial charge in [-0.05, 0) is 49.4 Å². The van der Waals surface area contributed by atoms with Gasteiger partial charge < -0.3 is 10.2 Å². The zero-order chi connectivity index (χ0) is 27.4. The van der Waals surface area contributed by atoms with Crippen molar-refractivity contribution in [3.05, 3.63) is 64.1 Å². The zero-order valence-corrected chi connectivity index (χ0v) is 24.1. The lowest BCUT2D eigenvalue weighted by molar-refractivity contribution is -0.140. The number of anilines is 1. The number of unbranched alkanes of at least 4 members (excludes halogenated alkanes) is 1. The average Bonchev–Trinajstić information content (AvgIpc) is 2.86. The molecule has 1 unspecified atom stereocenters. The number of amides is 2. The Labute approximate surface area is 231 Å². The summed E-state index contributed by atoms with van der Waals surface area (Å²) < 4.78 is 26.2. The number of nitrogens with one attached hydrogen (secondary N) is 1. The summed E-state index contributed by atoms with van der Waals surface area (Å²) in [5.74, 6) is -0.361. The van der Waals surface area contributed by atoms with Crippen LogP contribution < -0.4 is 9.62 Å². The molecule has 2 aromatic rings. The van der Waals surface area contributed by atoms with Gasteiger partial charge in [0.2, 0.25) is 21.8 Å². The molecule has 2 amide bonds. The van der Waals surface area contributed by atoms with Crippen LogP contribution >= 0.6 is 23.2 Å². The van der Waals surface area contributed by atoms with Crippen LogP contribution in [0.5, 0.6) is 0 Å². The molecule has 0 spiro atoms. The molecule has 1 N–H and O–H groups in total. The van der Waals surface area contributed by atoms with E-state index in [9.17, 15) is 18.0 Å². The minimum Gasteiger partial charge on any atom is -0.354 e. The van der Waals surface area contributed by atoms with E-state index in [2.05, 4.69) is 12.2 Å². The maximum absolute atomic E-state index is 13.4. The van der Waals surface area contributed by atoms with Gasteiger partial charge in [0.25, 0.3) is 0 Å². The third-order valence-electron chi connectivity index (χ3n) is 6.03. The van der Waals surface area contributed by atoms with E-state index >= 15 is 0 Å². The summed E-state index contributed by atoms with van der Waals surface area (Å²) >= 11 is 12.3. The maximum atomic E-state index is 13.4. The monoisotopic (exact) mass is 569 g/mol. The van der Waals surface area contributed by atoms with Gasteiger partial charge in [0.15, 0.2) is 0 Å². The molecule has 0 aliphatic rings. The minimum atomic E-state index is -3.67. The second-order valence-corrected chi connectivity index (χ2v) is 11.7. The Hall–Kier alpha value is -2.29. The number of nitrogens with zero attached hydrogens (tertiary/aromatic N) is 2. The van der Waals surface area contributed by atoms with Gasteiger partial charge in [-0.25, -0.2) is 8.42 Å². The number of rotatable bonds is 15. The number of carbonyl (C=O) groups excluding carboxylic acids is 2. The number of halogens is 2. The fraction of sp³-hybridized carbons (Fsp3) is 0.481. The highest BCUT2D eigenvalue weighted by atomic mass is 35.5. The Balaban J connectivity index is 2.17. The Kier molecular flexibility index (Phi) is 12.7. The largest absolute Gasteiger partial charge is 0.354 e. The van der Waals surface area contributed by atoms with Crippen LogP contribution in [0.25, 0.3) is 0 Å². The molecule has 204 valence electrons. The summed E-state index contributed by atoms with van der Waals surface area (Å²) in [7, 11) is -3.67. The molecule has 0 saturated carbocycles. The second kappa shape index (κ2) is 15.2. The molecule has 0 heterocycles. The molecule has 2 rings (SSSR count). The van der Waals surface area contributed by atoms with Crippen LogP contribution in [0.4, 0.5) is 5.69 Å². The molecular formula is C27H37Cl2N3O4S. The first-order valence-corrected chi connectivity index (χ1v) is 15.2. The Morgan fingerprint density at radius 2 is 1.70 bits per heavy atom. The maximum Gasteiger partial charge on any atom is 0.242 e. The van der Waals surface area contributed by atoms with Gasteiger partial charge in [-0.3, -0.25) is 13.9 Å². The van der Waals surface area contributed by atoms with Crippen LogP contribution in [0.2, 0.25) is 10.0 Å². The van der Waals surface area contributed by atoms with Crippen molar-refractivity contribution in [2.45, 2.75) is 58.4 Å². The van der Waals surface area contributed by atoms with Crippen LogP contribution in [-0.4, -0.2) is 57.1 Å². The van der Waals surface area contributed by atoms with Crippen LogP contribution in [0, 0.1) is 0 Å². The number of carbonyl (C=O) groups is 2. The third-order valence-corrected chi connectivity index (χ3v) is 7.76. The highest BCUT2D eigenvalue weighted by molar-refractivity contribution is 7.92.